The van der Waals surface area contributed by atoms with Crippen LogP contribution in [0.2, 0.25) is 0 Å². The number of aliphatic hydroxyl groups is 1. The second kappa shape index (κ2) is 7.12. The smallest absolute Gasteiger partial charge is 0.382 e. The van der Waals surface area contributed by atoms with Crippen molar-refractivity contribution in [1.82, 2.24) is 10.6 Å². The maximum absolute atomic E-state index is 12.5. The van der Waals surface area contributed by atoms with Gasteiger partial charge in [-0.1, -0.05) is 18.2 Å². The van der Waals surface area contributed by atoms with E-state index in [9.17, 15) is 31.9 Å². The monoisotopic (exact) mass is 340 g/mol. The molecule has 9 heteroatoms. The van der Waals surface area contributed by atoms with Crippen molar-refractivity contribution in [3.63, 3.8) is 0 Å². The molecule has 2 amide bonds. The lowest BCUT2D eigenvalue weighted by molar-refractivity contribution is -0.222. The van der Waals surface area contributed by atoms with Gasteiger partial charge < -0.3 is 15.7 Å². The number of carbonyl (C=O) groups is 1. The van der Waals surface area contributed by atoms with Crippen molar-refractivity contribution in [3.05, 3.63) is 35.4 Å². The molecule has 0 fully saturated rings. The van der Waals surface area contributed by atoms with Crippen molar-refractivity contribution in [2.45, 2.75) is 44.6 Å². The van der Waals surface area contributed by atoms with E-state index in [0.717, 1.165) is 13.8 Å². The van der Waals surface area contributed by atoms with Crippen LogP contribution in [0.15, 0.2) is 24.3 Å². The predicted molar refractivity (Wildman–Crippen MR) is 72.9 cm³/mol. The second-order valence-corrected chi connectivity index (χ2v) is 5.52. The number of aliphatic hydroxyl groups excluding tert-OH is 1. The molecule has 0 spiro atoms. The Kier molecular flexibility index (Phi) is 5.92. The fraction of sp³-hybridized carbons (Fsp3) is 0.500. The van der Waals surface area contributed by atoms with Gasteiger partial charge in [0.15, 0.2) is 6.10 Å². The highest BCUT2D eigenvalue weighted by molar-refractivity contribution is 5.74. The minimum atomic E-state index is -4.89. The number of alkyl halides is 5. The number of hydrogen-bond donors (Lipinski definition) is 3. The van der Waals surface area contributed by atoms with Crippen LogP contribution in [0.4, 0.5) is 26.7 Å². The second-order valence-electron chi connectivity index (χ2n) is 5.52. The number of amides is 2. The topological polar surface area (TPSA) is 61.4 Å². The van der Waals surface area contributed by atoms with E-state index in [-0.39, 0.29) is 12.1 Å². The molecule has 23 heavy (non-hydrogen) atoms. The summed E-state index contributed by atoms with van der Waals surface area (Å²) < 4.78 is 62.5. The van der Waals surface area contributed by atoms with Gasteiger partial charge in [-0.05, 0) is 25.5 Å². The number of rotatable bonds is 5. The van der Waals surface area contributed by atoms with Gasteiger partial charge in [0.05, 0.1) is 5.54 Å². The molecule has 0 radical (unpaired) electrons. The van der Waals surface area contributed by atoms with Gasteiger partial charge in [-0.15, -0.1) is 0 Å². The van der Waals surface area contributed by atoms with E-state index in [1.165, 1.54) is 24.3 Å². The zero-order chi connectivity index (χ0) is 17.8. The Hall–Kier alpha value is -1.90. The van der Waals surface area contributed by atoms with Crippen LogP contribution in [0, 0.1) is 0 Å². The van der Waals surface area contributed by atoms with E-state index in [2.05, 4.69) is 5.32 Å². The fourth-order valence-corrected chi connectivity index (χ4v) is 1.84. The van der Waals surface area contributed by atoms with Crippen LogP contribution in [-0.4, -0.2) is 29.0 Å². The Labute approximate surface area is 129 Å². The molecule has 1 aromatic carbocycles. The molecule has 0 aliphatic carbocycles. The molecule has 1 aromatic rings. The van der Waals surface area contributed by atoms with Gasteiger partial charge >= 0.3 is 12.2 Å². The first-order chi connectivity index (χ1) is 10.4. The largest absolute Gasteiger partial charge is 0.416 e. The summed E-state index contributed by atoms with van der Waals surface area (Å²) in [6.07, 6.45) is -10.3. The number of hydrogen-bond acceptors (Lipinski definition) is 2. The summed E-state index contributed by atoms with van der Waals surface area (Å²) >= 11 is 0. The van der Waals surface area contributed by atoms with Gasteiger partial charge in [0, 0.05) is 12.1 Å². The van der Waals surface area contributed by atoms with E-state index in [1.807, 2.05) is 5.32 Å². The first-order valence-corrected chi connectivity index (χ1v) is 6.61. The Balaban J connectivity index is 2.62. The van der Waals surface area contributed by atoms with Crippen molar-refractivity contribution in [3.8, 4) is 0 Å². The van der Waals surface area contributed by atoms with Crippen molar-refractivity contribution < 1.29 is 31.9 Å². The lowest BCUT2D eigenvalue weighted by atomic mass is 9.97. The van der Waals surface area contributed by atoms with Crippen molar-refractivity contribution in [1.29, 1.82) is 0 Å². The van der Waals surface area contributed by atoms with Gasteiger partial charge in [-0.25, -0.2) is 13.6 Å². The normalized spacial score (nSPS) is 13.8. The summed E-state index contributed by atoms with van der Waals surface area (Å²) in [5.74, 6) is 0. The highest BCUT2D eigenvalue weighted by Gasteiger charge is 2.48. The summed E-state index contributed by atoms with van der Waals surface area (Å²) in [5, 5.41) is 13.5. The number of carbonyl (C=O) groups excluding carboxylic acids is 1. The van der Waals surface area contributed by atoms with Crippen LogP contribution >= 0.6 is 0 Å². The van der Waals surface area contributed by atoms with Crippen LogP contribution < -0.4 is 10.6 Å². The quantitative estimate of drug-likeness (QED) is 0.721. The van der Waals surface area contributed by atoms with E-state index >= 15 is 0 Å². The Bertz CT molecular complexity index is 546. The lowest BCUT2D eigenvalue weighted by Gasteiger charge is -2.32. The van der Waals surface area contributed by atoms with Gasteiger partial charge in [0.25, 0.3) is 6.43 Å². The van der Waals surface area contributed by atoms with Crippen LogP contribution in [-0.2, 0) is 6.54 Å². The van der Waals surface area contributed by atoms with Gasteiger partial charge in [-0.2, -0.15) is 13.2 Å². The van der Waals surface area contributed by atoms with Crippen LogP contribution in [0.1, 0.15) is 31.4 Å². The molecule has 3 N–H and O–H groups in total. The van der Waals surface area contributed by atoms with Gasteiger partial charge in [0.2, 0.25) is 0 Å². The third-order valence-electron chi connectivity index (χ3n) is 3.09. The lowest BCUT2D eigenvalue weighted by Crippen LogP contribution is -2.59. The van der Waals surface area contributed by atoms with Crippen molar-refractivity contribution in [2.24, 2.45) is 0 Å². The molecular formula is C14H17F5N2O2. The maximum atomic E-state index is 12.5. The molecule has 1 rings (SSSR count). The molecule has 1 atom stereocenters. The highest BCUT2D eigenvalue weighted by Crippen LogP contribution is 2.27. The van der Waals surface area contributed by atoms with Gasteiger partial charge in [-0.3, -0.25) is 0 Å². The molecule has 0 saturated carbocycles. The standard InChI is InChI=1S/C14H17F5N2O2/c1-13(2,11(22)14(17,18)19)21-12(23)20-7-8-4-3-5-9(6-8)10(15)16/h3-6,10-11,22H,7H2,1-2H3,(H2,20,21,23). The summed E-state index contributed by atoms with van der Waals surface area (Å²) in [6.45, 7) is 1.88. The molecule has 130 valence electrons. The number of nitrogens with one attached hydrogen (secondary N) is 2. The zero-order valence-corrected chi connectivity index (χ0v) is 12.4. The van der Waals surface area contributed by atoms with Crippen molar-refractivity contribution in [2.75, 3.05) is 0 Å². The maximum Gasteiger partial charge on any atom is 0.416 e. The molecule has 0 saturated heterocycles. The van der Waals surface area contributed by atoms with Crippen LogP contribution in [0.25, 0.3) is 0 Å². The van der Waals surface area contributed by atoms with E-state index in [4.69, 9.17) is 0 Å². The first kappa shape index (κ1) is 19.1. The molecule has 0 aromatic heterocycles. The van der Waals surface area contributed by atoms with Crippen LogP contribution in [0.5, 0.6) is 0 Å². The number of benzene rings is 1. The minimum absolute atomic E-state index is 0.148. The van der Waals surface area contributed by atoms with Gasteiger partial charge in [0.1, 0.15) is 0 Å². The Morgan fingerprint density at radius 3 is 2.39 bits per heavy atom. The van der Waals surface area contributed by atoms with Crippen molar-refractivity contribution >= 4 is 6.03 Å². The third kappa shape index (κ3) is 5.66. The molecule has 0 heterocycles. The predicted octanol–water partition coefficient (Wildman–Crippen LogP) is 3.13. The molecule has 0 aliphatic heterocycles. The highest BCUT2D eigenvalue weighted by atomic mass is 19.4. The molecule has 1 unspecified atom stereocenters. The third-order valence-corrected chi connectivity index (χ3v) is 3.09. The number of urea groups is 1. The summed E-state index contributed by atoms with van der Waals surface area (Å²) in [4.78, 5) is 11.6. The van der Waals surface area contributed by atoms with E-state index in [1.54, 1.807) is 0 Å². The molecule has 0 bridgehead atoms. The fourth-order valence-electron chi connectivity index (χ4n) is 1.84. The minimum Gasteiger partial charge on any atom is -0.382 e. The zero-order valence-electron chi connectivity index (χ0n) is 12.4. The van der Waals surface area contributed by atoms with E-state index < -0.39 is 30.3 Å². The SMILES string of the molecule is CC(C)(NC(=O)NCc1cccc(C(F)F)c1)C(O)C(F)(F)F. The Morgan fingerprint density at radius 2 is 1.87 bits per heavy atom. The molecular weight excluding hydrogens is 323 g/mol. The Morgan fingerprint density at radius 1 is 1.26 bits per heavy atom. The summed E-state index contributed by atoms with van der Waals surface area (Å²) in [7, 11) is 0. The van der Waals surface area contributed by atoms with E-state index in [0.29, 0.717) is 5.56 Å². The summed E-state index contributed by atoms with van der Waals surface area (Å²) in [6, 6.07) is 4.31. The first-order valence-electron chi connectivity index (χ1n) is 6.61. The average Bonchev–Trinajstić information content (AvgIpc) is 2.43. The molecule has 4 nitrogen and oxygen atoms in total. The molecule has 0 aliphatic rings. The number of halogens is 5. The average molecular weight is 340 g/mol. The van der Waals surface area contributed by atoms with Crippen LogP contribution in [0.3, 0.4) is 0 Å². The summed E-state index contributed by atoms with van der Waals surface area (Å²) in [5.41, 5.74) is -1.81.